The van der Waals surface area contributed by atoms with Crippen LogP contribution in [0, 0.1) is 0 Å². The zero-order valence-corrected chi connectivity index (χ0v) is 38.9. The maximum absolute atomic E-state index is 12.1. The van der Waals surface area contributed by atoms with E-state index in [0.29, 0.717) is 6.42 Å². The second-order valence-electron chi connectivity index (χ2n) is 16.8. The molecular formula is C48H94NO8P. The van der Waals surface area contributed by atoms with E-state index in [2.05, 4.69) is 31.3 Å². The van der Waals surface area contributed by atoms with Crippen LogP contribution in [0.2, 0.25) is 0 Å². The van der Waals surface area contributed by atoms with Crippen molar-refractivity contribution < 1.29 is 37.9 Å². The summed E-state index contributed by atoms with van der Waals surface area (Å²) < 4.78 is 26.9. The normalized spacial score (nSPS) is 13.2. The van der Waals surface area contributed by atoms with Gasteiger partial charge >= 0.3 is 13.8 Å². The molecule has 1 amide bonds. The molecule has 0 radical (unpaired) electrons. The molecule has 2 atom stereocenters. The third-order valence-electron chi connectivity index (χ3n) is 10.9. The lowest BCUT2D eigenvalue weighted by molar-refractivity contribution is -0.147. The Kier molecular flexibility index (Phi) is 44.3. The van der Waals surface area contributed by atoms with Gasteiger partial charge in [-0.3, -0.25) is 18.6 Å². The van der Waals surface area contributed by atoms with Crippen LogP contribution in [0.1, 0.15) is 251 Å². The van der Waals surface area contributed by atoms with E-state index in [9.17, 15) is 24.2 Å². The van der Waals surface area contributed by atoms with E-state index in [-0.39, 0.29) is 32.1 Å². The molecule has 0 saturated heterocycles. The summed E-state index contributed by atoms with van der Waals surface area (Å²) in [4.78, 5) is 34.0. The molecule has 58 heavy (non-hydrogen) atoms. The fourth-order valence-corrected chi connectivity index (χ4v) is 7.96. The smallest absolute Gasteiger partial charge is 0.463 e. The van der Waals surface area contributed by atoms with Crippen molar-refractivity contribution in [3.05, 3.63) is 12.2 Å². The van der Waals surface area contributed by atoms with Gasteiger partial charge in [-0.15, -0.1) is 0 Å². The van der Waals surface area contributed by atoms with Crippen molar-refractivity contribution in [2.45, 2.75) is 258 Å². The average Bonchev–Trinajstić information content (AvgIpc) is 3.21. The molecule has 0 aromatic rings. The number of esters is 1. The molecule has 0 spiro atoms. The number of hydrogen-bond acceptors (Lipinski definition) is 7. The number of unbranched alkanes of at least 4 members (excludes halogenated alkanes) is 32. The number of phosphoric acid groups is 1. The number of aliphatic hydroxyl groups excluding tert-OH is 1. The Hall–Kier alpha value is -1.25. The first-order valence-corrected chi connectivity index (χ1v) is 26.2. The summed E-state index contributed by atoms with van der Waals surface area (Å²) in [6, 6.07) is 0. The van der Waals surface area contributed by atoms with E-state index in [1.165, 1.54) is 180 Å². The predicted octanol–water partition coefficient (Wildman–Crippen LogP) is 14.2. The molecule has 9 nitrogen and oxygen atoms in total. The number of carbonyl (C=O) groups excluding carboxylic acids is 2. The molecule has 10 heteroatoms. The van der Waals surface area contributed by atoms with Crippen molar-refractivity contribution in [3.63, 3.8) is 0 Å². The quantitative estimate of drug-likeness (QED) is 0.0239. The first kappa shape index (κ1) is 56.8. The highest BCUT2D eigenvalue weighted by molar-refractivity contribution is 7.47. The van der Waals surface area contributed by atoms with Crippen molar-refractivity contribution >= 4 is 19.7 Å². The summed E-state index contributed by atoms with van der Waals surface area (Å²) in [7, 11) is -4.42. The van der Waals surface area contributed by atoms with E-state index >= 15 is 0 Å². The minimum absolute atomic E-state index is 0.0809. The van der Waals surface area contributed by atoms with Crippen LogP contribution in [0.25, 0.3) is 0 Å². The lowest BCUT2D eigenvalue weighted by Crippen LogP contribution is -2.27. The van der Waals surface area contributed by atoms with Gasteiger partial charge in [0.15, 0.2) is 0 Å². The molecule has 0 saturated carbocycles. The monoisotopic (exact) mass is 844 g/mol. The number of phosphoric ester groups is 1. The van der Waals surface area contributed by atoms with Crippen molar-refractivity contribution in [1.82, 2.24) is 5.32 Å². The number of amides is 1. The van der Waals surface area contributed by atoms with Crippen LogP contribution in [0.4, 0.5) is 0 Å². The van der Waals surface area contributed by atoms with E-state index < -0.39 is 26.5 Å². The van der Waals surface area contributed by atoms with E-state index in [1.807, 2.05) is 0 Å². The Morgan fingerprint density at radius 1 is 0.517 bits per heavy atom. The number of hydrogen-bond donors (Lipinski definition) is 3. The Morgan fingerprint density at radius 2 is 0.879 bits per heavy atom. The number of ether oxygens (including phenoxy) is 1. The summed E-state index contributed by atoms with van der Waals surface area (Å²) in [6.45, 7) is 3.59. The molecule has 344 valence electrons. The molecule has 0 aliphatic heterocycles. The van der Waals surface area contributed by atoms with Crippen molar-refractivity contribution in [2.75, 3.05) is 26.4 Å². The maximum atomic E-state index is 12.1. The van der Waals surface area contributed by atoms with Gasteiger partial charge in [0, 0.05) is 19.4 Å². The zero-order chi connectivity index (χ0) is 42.5. The lowest BCUT2D eigenvalue weighted by atomic mass is 10.0. The highest BCUT2D eigenvalue weighted by Crippen LogP contribution is 2.42. The molecule has 2 unspecified atom stereocenters. The van der Waals surface area contributed by atoms with E-state index in [1.54, 1.807) is 0 Å². The third kappa shape index (κ3) is 45.8. The Bertz CT molecular complexity index is 964. The standard InChI is InChI=1S/C48H94NO8P/c1-3-5-7-9-11-13-15-17-19-20-21-22-23-24-25-27-29-31-33-35-37-39-41-48(52)55-44-46(50)45-57-58(53,54)56-43-42-49-47(51)40-38-36-34-32-30-28-26-18-16-14-12-10-8-6-4-2/h18,26,46,50H,3-17,19-25,27-45H2,1-2H3,(H,49,51)(H,53,54)/b26-18-. The number of nitrogens with one attached hydrogen (secondary N) is 1. The number of carbonyl (C=O) groups is 2. The van der Waals surface area contributed by atoms with Crippen LogP contribution >= 0.6 is 7.82 Å². The summed E-state index contributed by atoms with van der Waals surface area (Å²) in [5, 5.41) is 12.7. The van der Waals surface area contributed by atoms with Crippen LogP contribution in [0.5, 0.6) is 0 Å². The topological polar surface area (TPSA) is 131 Å². The van der Waals surface area contributed by atoms with Gasteiger partial charge in [0.1, 0.15) is 12.7 Å². The summed E-state index contributed by atoms with van der Waals surface area (Å²) in [6.07, 6.45) is 48.7. The molecular weight excluding hydrogens is 750 g/mol. The molecule has 0 fully saturated rings. The minimum Gasteiger partial charge on any atom is -0.463 e. The SMILES string of the molecule is CCCCCCCC/C=C\CCCCCCCC(=O)NCCOP(=O)(O)OCC(O)COC(=O)CCCCCCCCCCCCCCCCCCCCCCCC. The van der Waals surface area contributed by atoms with Crippen LogP contribution < -0.4 is 5.32 Å². The second kappa shape index (κ2) is 45.3. The Labute approximate surface area is 358 Å². The molecule has 0 bridgehead atoms. The van der Waals surface area contributed by atoms with Gasteiger partial charge in [-0.25, -0.2) is 4.57 Å². The molecule has 0 aromatic heterocycles. The highest BCUT2D eigenvalue weighted by atomic mass is 31.2. The fourth-order valence-electron chi connectivity index (χ4n) is 7.20. The first-order valence-electron chi connectivity index (χ1n) is 24.7. The lowest BCUT2D eigenvalue weighted by Gasteiger charge is -2.15. The Balaban J connectivity index is 3.52. The highest BCUT2D eigenvalue weighted by Gasteiger charge is 2.23. The van der Waals surface area contributed by atoms with E-state index in [0.717, 1.165) is 44.9 Å². The Morgan fingerprint density at radius 3 is 1.29 bits per heavy atom. The summed E-state index contributed by atoms with van der Waals surface area (Å²) >= 11 is 0. The van der Waals surface area contributed by atoms with Crippen molar-refractivity contribution in [2.24, 2.45) is 0 Å². The van der Waals surface area contributed by atoms with Gasteiger partial charge in [-0.1, -0.05) is 212 Å². The van der Waals surface area contributed by atoms with Gasteiger partial charge in [-0.2, -0.15) is 0 Å². The van der Waals surface area contributed by atoms with Gasteiger partial charge in [0.2, 0.25) is 5.91 Å². The molecule has 0 aliphatic rings. The summed E-state index contributed by atoms with van der Waals surface area (Å²) in [5.41, 5.74) is 0. The van der Waals surface area contributed by atoms with Crippen molar-refractivity contribution in [1.29, 1.82) is 0 Å². The van der Waals surface area contributed by atoms with Gasteiger partial charge in [-0.05, 0) is 38.5 Å². The third-order valence-corrected chi connectivity index (χ3v) is 11.9. The van der Waals surface area contributed by atoms with E-state index in [4.69, 9.17) is 13.8 Å². The fraction of sp³-hybridized carbons (Fsp3) is 0.917. The molecule has 0 aliphatic carbocycles. The average molecular weight is 844 g/mol. The number of allylic oxidation sites excluding steroid dienone is 2. The van der Waals surface area contributed by atoms with Gasteiger partial charge in [0.05, 0.1) is 13.2 Å². The summed E-state index contributed by atoms with van der Waals surface area (Å²) in [5.74, 6) is -0.513. The zero-order valence-electron chi connectivity index (χ0n) is 38.0. The molecule has 0 rings (SSSR count). The molecule has 3 N–H and O–H groups in total. The second-order valence-corrected chi connectivity index (χ2v) is 18.2. The van der Waals surface area contributed by atoms with Crippen LogP contribution in [-0.4, -0.2) is 54.3 Å². The van der Waals surface area contributed by atoms with Crippen LogP contribution in [-0.2, 0) is 27.9 Å². The van der Waals surface area contributed by atoms with Gasteiger partial charge in [0.25, 0.3) is 0 Å². The van der Waals surface area contributed by atoms with Crippen molar-refractivity contribution in [3.8, 4) is 0 Å². The van der Waals surface area contributed by atoms with Crippen LogP contribution in [0.3, 0.4) is 0 Å². The first-order chi connectivity index (χ1) is 28.3. The number of aliphatic hydroxyl groups is 1. The molecule has 0 heterocycles. The molecule has 0 aromatic carbocycles. The minimum atomic E-state index is -4.42. The van der Waals surface area contributed by atoms with Gasteiger partial charge < -0.3 is 20.1 Å². The number of rotatable bonds is 47. The maximum Gasteiger partial charge on any atom is 0.472 e. The van der Waals surface area contributed by atoms with Crippen LogP contribution in [0.15, 0.2) is 12.2 Å². The largest absolute Gasteiger partial charge is 0.472 e. The predicted molar refractivity (Wildman–Crippen MR) is 243 cm³/mol.